The summed E-state index contributed by atoms with van der Waals surface area (Å²) in [5, 5.41) is 3.19. The molecule has 10 nitrogen and oxygen atoms in total. The summed E-state index contributed by atoms with van der Waals surface area (Å²) in [6.07, 6.45) is 3.95. The number of hydrogen-bond donors (Lipinski definition) is 1. The van der Waals surface area contributed by atoms with Crippen molar-refractivity contribution in [2.75, 3.05) is 26.2 Å². The van der Waals surface area contributed by atoms with Crippen molar-refractivity contribution in [3.05, 3.63) is 101 Å². The first-order valence-electron chi connectivity index (χ1n) is 19.1. The molecule has 4 atom stereocenters. The van der Waals surface area contributed by atoms with Gasteiger partial charge in [-0.15, -0.1) is 0 Å². The quantitative estimate of drug-likeness (QED) is 0.202. The molecule has 1 saturated carbocycles. The second kappa shape index (κ2) is 17.0. The summed E-state index contributed by atoms with van der Waals surface area (Å²) in [6, 6.07) is 22.7. The maximum absolute atomic E-state index is 14.8. The van der Waals surface area contributed by atoms with E-state index in [2.05, 4.69) is 11.4 Å². The molecule has 0 saturated heterocycles. The summed E-state index contributed by atoms with van der Waals surface area (Å²) in [5.74, 6) is -1.20. The fourth-order valence-corrected chi connectivity index (χ4v) is 7.88. The number of nitrogens with zero attached hydrogens (tertiary/aromatic N) is 2. The van der Waals surface area contributed by atoms with Gasteiger partial charge in [-0.25, -0.2) is 0 Å². The van der Waals surface area contributed by atoms with Crippen LogP contribution in [0.5, 0.6) is 5.75 Å². The molecule has 6 rings (SSSR count). The summed E-state index contributed by atoms with van der Waals surface area (Å²) in [4.78, 5) is 58.3. The number of hydrogen-bond acceptors (Lipinski definition) is 8. The van der Waals surface area contributed by atoms with Gasteiger partial charge in [0.1, 0.15) is 24.1 Å². The van der Waals surface area contributed by atoms with Crippen molar-refractivity contribution in [1.29, 1.82) is 0 Å². The number of carbonyl (C=O) groups excluding carboxylic acids is 4. The topological polar surface area (TPSA) is 114 Å². The third kappa shape index (κ3) is 9.27. The smallest absolute Gasteiger partial charge is 0.320 e. The van der Waals surface area contributed by atoms with Gasteiger partial charge in [-0.3, -0.25) is 19.2 Å². The van der Waals surface area contributed by atoms with Crippen molar-refractivity contribution in [2.45, 2.75) is 97.1 Å². The van der Waals surface area contributed by atoms with Gasteiger partial charge in [0, 0.05) is 37.3 Å². The average molecular weight is 724 g/mol. The lowest BCUT2D eigenvalue weighted by Gasteiger charge is -2.43. The van der Waals surface area contributed by atoms with E-state index in [4.69, 9.17) is 14.2 Å². The molecule has 0 aromatic heterocycles. The minimum atomic E-state index is -0.570. The van der Waals surface area contributed by atoms with E-state index < -0.39 is 23.5 Å². The molecule has 53 heavy (non-hydrogen) atoms. The van der Waals surface area contributed by atoms with Crippen molar-refractivity contribution in [3.8, 4) is 5.75 Å². The third-order valence-corrected chi connectivity index (χ3v) is 10.5. The highest BCUT2D eigenvalue weighted by molar-refractivity contribution is 5.98. The Bertz CT molecular complexity index is 1770. The Labute approximate surface area is 313 Å². The Morgan fingerprint density at radius 3 is 2.36 bits per heavy atom. The molecule has 0 radical (unpaired) electrons. The lowest BCUT2D eigenvalue weighted by atomic mass is 9.77. The van der Waals surface area contributed by atoms with E-state index in [1.54, 1.807) is 0 Å². The first-order chi connectivity index (χ1) is 25.5. The summed E-state index contributed by atoms with van der Waals surface area (Å²) >= 11 is 0. The second-order valence-electron chi connectivity index (χ2n) is 15.4. The molecule has 3 aliphatic rings. The SMILES string of the molecule is CC[C@@H](CNCC(=O)OC(C)(C)C)Oc1cccc2c1[C@@H](CN1Cc3ccccc3C1=O)N(C(=O)[C@@H]1CCCC[C@@H]1C(=O)OCc1ccccc1)CC2. The average Bonchev–Trinajstić information content (AvgIpc) is 3.47. The molecule has 2 amide bonds. The Balaban J connectivity index is 1.26. The monoisotopic (exact) mass is 723 g/mol. The highest BCUT2D eigenvalue weighted by Gasteiger charge is 2.44. The zero-order chi connectivity index (χ0) is 37.5. The Hall–Kier alpha value is -4.70. The lowest BCUT2D eigenvalue weighted by molar-refractivity contribution is -0.159. The molecule has 3 aromatic carbocycles. The maximum atomic E-state index is 14.8. The van der Waals surface area contributed by atoms with Gasteiger partial charge in [0.25, 0.3) is 5.91 Å². The molecule has 0 bridgehead atoms. The van der Waals surface area contributed by atoms with E-state index in [0.717, 1.165) is 35.1 Å². The van der Waals surface area contributed by atoms with Gasteiger partial charge < -0.3 is 29.3 Å². The van der Waals surface area contributed by atoms with Crippen LogP contribution in [0.3, 0.4) is 0 Å². The van der Waals surface area contributed by atoms with Crippen LogP contribution >= 0.6 is 0 Å². The van der Waals surface area contributed by atoms with Crippen LogP contribution < -0.4 is 10.1 Å². The number of ether oxygens (including phenoxy) is 3. The van der Waals surface area contributed by atoms with Gasteiger partial charge in [0.15, 0.2) is 0 Å². The number of esters is 2. The molecule has 2 heterocycles. The Kier molecular flexibility index (Phi) is 12.2. The second-order valence-corrected chi connectivity index (χ2v) is 15.4. The van der Waals surface area contributed by atoms with E-state index in [1.807, 2.05) is 104 Å². The molecular formula is C43H53N3O7. The van der Waals surface area contributed by atoms with Crippen LogP contribution in [-0.2, 0) is 43.4 Å². The molecule has 1 fully saturated rings. The lowest BCUT2D eigenvalue weighted by Crippen LogP contribution is -2.50. The van der Waals surface area contributed by atoms with Gasteiger partial charge in [-0.1, -0.05) is 80.4 Å². The summed E-state index contributed by atoms with van der Waals surface area (Å²) in [6.45, 7) is 9.40. The first kappa shape index (κ1) is 38.0. The minimum Gasteiger partial charge on any atom is -0.489 e. The minimum absolute atomic E-state index is 0.0584. The summed E-state index contributed by atoms with van der Waals surface area (Å²) in [7, 11) is 0. The van der Waals surface area contributed by atoms with Crippen molar-refractivity contribution >= 4 is 23.8 Å². The Morgan fingerprint density at radius 2 is 1.62 bits per heavy atom. The van der Waals surface area contributed by atoms with Crippen molar-refractivity contribution < 1.29 is 33.4 Å². The van der Waals surface area contributed by atoms with Crippen molar-refractivity contribution in [2.24, 2.45) is 11.8 Å². The number of carbonyl (C=O) groups is 4. The number of nitrogens with one attached hydrogen (secondary N) is 1. The van der Waals surface area contributed by atoms with Crippen LogP contribution in [0, 0.1) is 11.8 Å². The standard InChI is InChI=1S/C43H53N3O7/c1-5-32(24-44-25-38(47)53-43(2,3)4)52-37-21-13-17-30-22-23-46(36(39(30)37)27-45-26-31-16-9-10-18-33(31)40(45)48)41(49)34-19-11-12-20-35(34)42(50)51-28-29-14-7-6-8-15-29/h6-10,13-18,21,32,34-36,44H,5,11-12,19-20,22-28H2,1-4H3/t32-,34+,35-,36+/m0/s1. The van der Waals surface area contributed by atoms with Crippen LogP contribution in [0.1, 0.15) is 98.5 Å². The zero-order valence-electron chi connectivity index (χ0n) is 31.5. The number of rotatable bonds is 13. The molecule has 282 valence electrons. The first-order valence-corrected chi connectivity index (χ1v) is 19.1. The third-order valence-electron chi connectivity index (χ3n) is 10.5. The van der Waals surface area contributed by atoms with Crippen LogP contribution in [0.2, 0.25) is 0 Å². The number of fused-ring (bicyclic) bond motifs is 2. The molecule has 2 aliphatic heterocycles. The van der Waals surface area contributed by atoms with Gasteiger partial charge in [0.2, 0.25) is 5.91 Å². The molecule has 3 aromatic rings. The predicted octanol–water partition coefficient (Wildman–Crippen LogP) is 6.41. The van der Waals surface area contributed by atoms with E-state index in [9.17, 15) is 19.2 Å². The molecule has 0 spiro atoms. The van der Waals surface area contributed by atoms with E-state index in [1.165, 1.54) is 0 Å². The van der Waals surface area contributed by atoms with Gasteiger partial charge in [-0.05, 0) is 75.3 Å². The van der Waals surface area contributed by atoms with Crippen molar-refractivity contribution in [3.63, 3.8) is 0 Å². The van der Waals surface area contributed by atoms with E-state index in [-0.39, 0.29) is 49.6 Å². The highest BCUT2D eigenvalue weighted by atomic mass is 16.6. The van der Waals surface area contributed by atoms with Crippen molar-refractivity contribution in [1.82, 2.24) is 15.1 Å². The van der Waals surface area contributed by atoms with Gasteiger partial charge >= 0.3 is 11.9 Å². The predicted molar refractivity (Wildman–Crippen MR) is 201 cm³/mol. The fourth-order valence-electron chi connectivity index (χ4n) is 7.88. The largest absolute Gasteiger partial charge is 0.489 e. The van der Waals surface area contributed by atoms with Gasteiger partial charge in [0.05, 0.1) is 24.4 Å². The number of benzene rings is 3. The molecule has 0 unspecified atom stereocenters. The summed E-state index contributed by atoms with van der Waals surface area (Å²) < 4.78 is 18.0. The maximum Gasteiger partial charge on any atom is 0.320 e. The highest BCUT2D eigenvalue weighted by Crippen LogP contribution is 2.42. The van der Waals surface area contributed by atoms with Crippen LogP contribution in [0.15, 0.2) is 72.8 Å². The normalized spacial score (nSPS) is 20.3. The fraction of sp³-hybridized carbons (Fsp3) is 0.488. The van der Waals surface area contributed by atoms with Gasteiger partial charge in [-0.2, -0.15) is 0 Å². The van der Waals surface area contributed by atoms with Crippen LogP contribution in [0.4, 0.5) is 0 Å². The Morgan fingerprint density at radius 1 is 0.906 bits per heavy atom. The molecule has 1 aliphatic carbocycles. The molecular weight excluding hydrogens is 670 g/mol. The van der Waals surface area contributed by atoms with E-state index >= 15 is 0 Å². The summed E-state index contributed by atoms with van der Waals surface area (Å²) in [5.41, 5.74) is 3.94. The van der Waals surface area contributed by atoms with Crippen LogP contribution in [-0.4, -0.2) is 71.4 Å². The molecule has 1 N–H and O–H groups in total. The van der Waals surface area contributed by atoms with Crippen LogP contribution in [0.25, 0.3) is 0 Å². The van der Waals surface area contributed by atoms with E-state index in [0.29, 0.717) is 56.6 Å². The number of amides is 2. The zero-order valence-corrected chi connectivity index (χ0v) is 31.5. The molecule has 10 heteroatoms.